The first-order valence-corrected chi connectivity index (χ1v) is 7.33. The molecule has 0 radical (unpaired) electrons. The molecule has 1 aromatic carbocycles. The minimum Gasteiger partial charge on any atom is -0.330 e. The van der Waals surface area contributed by atoms with Crippen LogP contribution in [0.5, 0.6) is 0 Å². The summed E-state index contributed by atoms with van der Waals surface area (Å²) in [6.45, 7) is 5.29. The zero-order chi connectivity index (χ0) is 13.0. The molecule has 2 unspecified atom stereocenters. The average molecular weight is 267 g/mol. The van der Waals surface area contributed by atoms with Crippen LogP contribution in [0, 0.1) is 0 Å². The quantitative estimate of drug-likeness (QED) is 0.906. The lowest BCUT2D eigenvalue weighted by Gasteiger charge is -2.39. The number of likely N-dealkylation sites (N-methyl/N-ethyl adjacent to an activating group) is 1. The number of rotatable bonds is 4. The van der Waals surface area contributed by atoms with Crippen molar-refractivity contribution < 1.29 is 0 Å². The van der Waals surface area contributed by atoms with Gasteiger partial charge in [-0.3, -0.25) is 0 Å². The molecule has 2 atom stereocenters. The molecule has 3 heteroatoms. The summed E-state index contributed by atoms with van der Waals surface area (Å²) in [6.07, 6.45) is 3.91. The zero-order valence-electron chi connectivity index (χ0n) is 11.1. The number of hydrogen-bond donors (Lipinski definition) is 1. The Balaban J connectivity index is 2.18. The van der Waals surface area contributed by atoms with Gasteiger partial charge in [0.15, 0.2) is 0 Å². The molecule has 1 fully saturated rings. The Morgan fingerprint density at radius 2 is 2.06 bits per heavy atom. The first kappa shape index (κ1) is 13.9. The van der Waals surface area contributed by atoms with E-state index in [1.165, 1.54) is 31.4 Å². The highest BCUT2D eigenvalue weighted by atomic mass is 35.5. The zero-order valence-corrected chi connectivity index (χ0v) is 11.9. The molecule has 0 bridgehead atoms. The highest BCUT2D eigenvalue weighted by Gasteiger charge is 2.28. The summed E-state index contributed by atoms with van der Waals surface area (Å²) in [5.41, 5.74) is 7.36. The second kappa shape index (κ2) is 6.55. The van der Waals surface area contributed by atoms with Crippen LogP contribution in [0.4, 0.5) is 0 Å². The Labute approximate surface area is 115 Å². The molecular formula is C15H23ClN2. The number of nitrogens with two attached hydrogens (primary N) is 1. The van der Waals surface area contributed by atoms with Crippen molar-refractivity contribution in [3.63, 3.8) is 0 Å². The predicted molar refractivity (Wildman–Crippen MR) is 78.1 cm³/mol. The molecule has 0 spiro atoms. The molecule has 1 aliphatic rings. The largest absolute Gasteiger partial charge is 0.330 e. The minimum absolute atomic E-state index is 0.433. The van der Waals surface area contributed by atoms with E-state index in [1.54, 1.807) is 0 Å². The Morgan fingerprint density at radius 1 is 1.33 bits per heavy atom. The fourth-order valence-electron chi connectivity index (χ4n) is 3.09. The normalized spacial score (nSPS) is 22.9. The number of nitrogens with zero attached hydrogens (tertiary/aromatic N) is 1. The van der Waals surface area contributed by atoms with Crippen molar-refractivity contribution in [2.45, 2.75) is 38.1 Å². The Hall–Kier alpha value is -0.570. The maximum Gasteiger partial charge on any atom is 0.0406 e. The van der Waals surface area contributed by atoms with Crippen LogP contribution in [0.15, 0.2) is 24.3 Å². The smallest absolute Gasteiger partial charge is 0.0406 e. The second-order valence-electron chi connectivity index (χ2n) is 5.09. The van der Waals surface area contributed by atoms with Gasteiger partial charge < -0.3 is 10.6 Å². The fraction of sp³-hybridized carbons (Fsp3) is 0.600. The van der Waals surface area contributed by atoms with Crippen molar-refractivity contribution in [2.24, 2.45) is 5.73 Å². The standard InChI is InChI=1S/C15H23ClN2/c1-2-18-10-4-3-5-15(18)14(11-17)12-6-8-13(16)9-7-12/h6-9,14-15H,2-5,10-11,17H2,1H3. The minimum atomic E-state index is 0.433. The predicted octanol–water partition coefficient (Wildman–Crippen LogP) is 3.26. The first-order chi connectivity index (χ1) is 8.76. The highest BCUT2D eigenvalue weighted by molar-refractivity contribution is 6.30. The second-order valence-corrected chi connectivity index (χ2v) is 5.52. The van der Waals surface area contributed by atoms with Gasteiger partial charge in [0.1, 0.15) is 0 Å². The van der Waals surface area contributed by atoms with Gasteiger partial charge >= 0.3 is 0 Å². The molecule has 1 saturated heterocycles. The lowest BCUT2D eigenvalue weighted by Crippen LogP contribution is -2.45. The van der Waals surface area contributed by atoms with Gasteiger partial charge in [-0.15, -0.1) is 0 Å². The SMILES string of the molecule is CCN1CCCCC1C(CN)c1ccc(Cl)cc1. The van der Waals surface area contributed by atoms with E-state index in [4.69, 9.17) is 17.3 Å². The van der Waals surface area contributed by atoms with Crippen LogP contribution in [-0.4, -0.2) is 30.6 Å². The van der Waals surface area contributed by atoms with Gasteiger partial charge in [-0.2, -0.15) is 0 Å². The molecule has 2 N–H and O–H groups in total. The molecule has 1 aromatic rings. The van der Waals surface area contributed by atoms with E-state index < -0.39 is 0 Å². The molecule has 0 aliphatic carbocycles. The summed E-state index contributed by atoms with van der Waals surface area (Å²) >= 11 is 5.96. The van der Waals surface area contributed by atoms with Crippen LogP contribution >= 0.6 is 11.6 Å². The molecule has 1 heterocycles. The third kappa shape index (κ3) is 3.05. The third-order valence-electron chi connectivity index (χ3n) is 4.09. The summed E-state index contributed by atoms with van der Waals surface area (Å²) in [6, 6.07) is 8.79. The maximum absolute atomic E-state index is 6.03. The van der Waals surface area contributed by atoms with E-state index in [-0.39, 0.29) is 0 Å². The first-order valence-electron chi connectivity index (χ1n) is 6.95. The van der Waals surface area contributed by atoms with E-state index in [1.807, 2.05) is 12.1 Å². The molecule has 2 nitrogen and oxygen atoms in total. The maximum atomic E-state index is 6.03. The van der Waals surface area contributed by atoms with Gasteiger partial charge in [0.2, 0.25) is 0 Å². The van der Waals surface area contributed by atoms with Gasteiger partial charge in [0, 0.05) is 23.5 Å². The summed E-state index contributed by atoms with van der Waals surface area (Å²) in [7, 11) is 0. The summed E-state index contributed by atoms with van der Waals surface area (Å²) in [4.78, 5) is 2.58. The van der Waals surface area contributed by atoms with Crippen LogP contribution in [0.25, 0.3) is 0 Å². The Kier molecular flexibility index (Phi) is 5.04. The lowest BCUT2D eigenvalue weighted by molar-refractivity contribution is 0.134. The van der Waals surface area contributed by atoms with Crippen molar-refractivity contribution in [3.8, 4) is 0 Å². The molecule has 0 saturated carbocycles. The number of halogens is 1. The van der Waals surface area contributed by atoms with Crippen molar-refractivity contribution in [2.75, 3.05) is 19.6 Å². The Morgan fingerprint density at radius 3 is 2.67 bits per heavy atom. The summed E-state index contributed by atoms with van der Waals surface area (Å²) in [5, 5.41) is 0.797. The third-order valence-corrected chi connectivity index (χ3v) is 4.34. The van der Waals surface area contributed by atoms with Gasteiger partial charge in [0.05, 0.1) is 0 Å². The van der Waals surface area contributed by atoms with Crippen molar-refractivity contribution in [3.05, 3.63) is 34.9 Å². The molecule has 0 aromatic heterocycles. The summed E-state index contributed by atoms with van der Waals surface area (Å²) in [5.74, 6) is 0.433. The number of hydrogen-bond acceptors (Lipinski definition) is 2. The average Bonchev–Trinajstić information content (AvgIpc) is 2.42. The van der Waals surface area contributed by atoms with Crippen LogP contribution in [0.1, 0.15) is 37.7 Å². The molecule has 1 aliphatic heterocycles. The monoisotopic (exact) mass is 266 g/mol. The van der Waals surface area contributed by atoms with Gasteiger partial charge in [-0.25, -0.2) is 0 Å². The van der Waals surface area contributed by atoms with E-state index >= 15 is 0 Å². The topological polar surface area (TPSA) is 29.3 Å². The Bertz CT molecular complexity index is 363. The molecule has 2 rings (SSSR count). The number of likely N-dealkylation sites (tertiary alicyclic amines) is 1. The van der Waals surface area contributed by atoms with E-state index in [2.05, 4.69) is 24.0 Å². The lowest BCUT2D eigenvalue weighted by atomic mass is 9.85. The van der Waals surface area contributed by atoms with Crippen LogP contribution in [0.3, 0.4) is 0 Å². The number of benzene rings is 1. The molecule has 18 heavy (non-hydrogen) atoms. The van der Waals surface area contributed by atoms with Gasteiger partial charge in [-0.1, -0.05) is 37.1 Å². The van der Waals surface area contributed by atoms with Crippen LogP contribution in [0.2, 0.25) is 5.02 Å². The van der Waals surface area contributed by atoms with E-state index in [0.29, 0.717) is 18.5 Å². The van der Waals surface area contributed by atoms with Crippen molar-refractivity contribution in [1.82, 2.24) is 4.90 Å². The van der Waals surface area contributed by atoms with Gasteiger partial charge in [0.25, 0.3) is 0 Å². The van der Waals surface area contributed by atoms with Gasteiger partial charge in [-0.05, 0) is 43.6 Å². The van der Waals surface area contributed by atoms with Crippen LogP contribution < -0.4 is 5.73 Å². The van der Waals surface area contributed by atoms with E-state index in [0.717, 1.165) is 11.6 Å². The molecule has 100 valence electrons. The van der Waals surface area contributed by atoms with Crippen molar-refractivity contribution >= 4 is 11.6 Å². The fourth-order valence-corrected chi connectivity index (χ4v) is 3.22. The summed E-state index contributed by atoms with van der Waals surface area (Å²) < 4.78 is 0. The molecular weight excluding hydrogens is 244 g/mol. The van der Waals surface area contributed by atoms with E-state index in [9.17, 15) is 0 Å². The highest BCUT2D eigenvalue weighted by Crippen LogP contribution is 2.30. The molecule has 0 amide bonds. The van der Waals surface area contributed by atoms with Crippen molar-refractivity contribution in [1.29, 1.82) is 0 Å². The number of piperidine rings is 1. The van der Waals surface area contributed by atoms with Crippen LogP contribution in [-0.2, 0) is 0 Å².